The summed E-state index contributed by atoms with van der Waals surface area (Å²) in [4.78, 5) is 0. The number of hydrogen-bond donors (Lipinski definition) is 0. The maximum atomic E-state index is 2.51. The summed E-state index contributed by atoms with van der Waals surface area (Å²) in [6.45, 7) is 0. The van der Waals surface area contributed by atoms with Gasteiger partial charge in [0.2, 0.25) is 0 Å². The van der Waals surface area contributed by atoms with Crippen LogP contribution in [0.3, 0.4) is 0 Å². The number of aromatic nitrogens is 3. The molecule has 0 saturated carbocycles. The second-order valence-electron chi connectivity index (χ2n) is 14.9. The average Bonchev–Trinajstić information content (AvgIpc) is 3.92. The van der Waals surface area contributed by atoms with Gasteiger partial charge in [-0.25, -0.2) is 0 Å². The standard InChI is InChI=1S/C54H35N3/c1-4-17-36(18-5-1)40-26-16-30-48(52(40)37-31-32-42-41-23-10-13-27-45(41)56(51(42)35-37)39-21-8-3-9-22-39)57-47-29-15-12-25-44(47)54-50(57)34-33-49-53(54)43-24-11-14-28-46(43)55(49)38-19-6-2-7-20-38/h1-35H. The monoisotopic (exact) mass is 725 g/mol. The van der Waals surface area contributed by atoms with Gasteiger partial charge in [0.15, 0.2) is 0 Å². The molecule has 3 heterocycles. The molecule has 0 aliphatic rings. The number of fused-ring (bicyclic) bond motifs is 10. The summed E-state index contributed by atoms with van der Waals surface area (Å²) in [6, 6.07) is 77.4. The second kappa shape index (κ2) is 12.5. The summed E-state index contributed by atoms with van der Waals surface area (Å²) >= 11 is 0. The molecule has 3 aromatic heterocycles. The van der Waals surface area contributed by atoms with Crippen LogP contribution in [0.25, 0.3) is 105 Å². The van der Waals surface area contributed by atoms with Gasteiger partial charge in [-0.05, 0) is 83.4 Å². The van der Waals surface area contributed by atoms with Gasteiger partial charge in [-0.1, -0.05) is 146 Å². The molecule has 0 atom stereocenters. The lowest BCUT2D eigenvalue weighted by Gasteiger charge is -2.19. The fraction of sp³-hybridized carbons (Fsp3) is 0. The van der Waals surface area contributed by atoms with Crippen molar-refractivity contribution in [2.24, 2.45) is 0 Å². The summed E-state index contributed by atoms with van der Waals surface area (Å²) < 4.78 is 7.34. The lowest BCUT2D eigenvalue weighted by Crippen LogP contribution is -2.00. The van der Waals surface area contributed by atoms with E-state index in [2.05, 4.69) is 226 Å². The lowest BCUT2D eigenvalue weighted by molar-refractivity contribution is 1.17. The quantitative estimate of drug-likeness (QED) is 0.168. The average molecular weight is 726 g/mol. The predicted octanol–water partition coefficient (Wildman–Crippen LogP) is 14.3. The molecule has 266 valence electrons. The third kappa shape index (κ3) is 4.66. The van der Waals surface area contributed by atoms with Crippen LogP contribution in [0.5, 0.6) is 0 Å². The van der Waals surface area contributed by atoms with Gasteiger partial charge in [-0.3, -0.25) is 0 Å². The van der Waals surface area contributed by atoms with Crippen molar-refractivity contribution in [1.82, 2.24) is 13.7 Å². The summed E-state index contributed by atoms with van der Waals surface area (Å²) in [7, 11) is 0. The smallest absolute Gasteiger partial charge is 0.0549 e. The highest BCUT2D eigenvalue weighted by Gasteiger charge is 2.23. The molecule has 9 aromatic carbocycles. The summed E-state index contributed by atoms with van der Waals surface area (Å²) in [5.41, 5.74) is 15.4. The van der Waals surface area contributed by atoms with Gasteiger partial charge in [-0.15, -0.1) is 0 Å². The van der Waals surface area contributed by atoms with Crippen LogP contribution in [0.2, 0.25) is 0 Å². The Morgan fingerprint density at radius 2 is 0.737 bits per heavy atom. The molecule has 0 radical (unpaired) electrons. The van der Waals surface area contributed by atoms with Gasteiger partial charge in [-0.2, -0.15) is 0 Å². The lowest BCUT2D eigenvalue weighted by atomic mass is 9.92. The molecule has 3 heteroatoms. The van der Waals surface area contributed by atoms with E-state index in [9.17, 15) is 0 Å². The van der Waals surface area contributed by atoms with Crippen LogP contribution in [0.4, 0.5) is 0 Å². The van der Waals surface area contributed by atoms with Gasteiger partial charge in [0, 0.05) is 49.3 Å². The number of para-hydroxylation sites is 5. The molecule has 0 unspecified atom stereocenters. The summed E-state index contributed by atoms with van der Waals surface area (Å²) in [5, 5.41) is 7.53. The van der Waals surface area contributed by atoms with Crippen LogP contribution in [0.1, 0.15) is 0 Å². The van der Waals surface area contributed by atoms with Crippen LogP contribution in [-0.2, 0) is 0 Å². The van der Waals surface area contributed by atoms with E-state index in [4.69, 9.17) is 0 Å². The Labute approximate surface area is 329 Å². The largest absolute Gasteiger partial charge is 0.309 e. The minimum absolute atomic E-state index is 1.15. The van der Waals surface area contributed by atoms with Crippen LogP contribution >= 0.6 is 0 Å². The van der Waals surface area contributed by atoms with Crippen LogP contribution in [0.15, 0.2) is 212 Å². The summed E-state index contributed by atoms with van der Waals surface area (Å²) in [6.07, 6.45) is 0. The third-order valence-corrected chi connectivity index (χ3v) is 11.8. The Balaban J connectivity index is 1.21. The minimum atomic E-state index is 1.15. The molecular weight excluding hydrogens is 691 g/mol. The van der Waals surface area contributed by atoms with Gasteiger partial charge >= 0.3 is 0 Å². The van der Waals surface area contributed by atoms with Crippen molar-refractivity contribution in [2.75, 3.05) is 0 Å². The maximum absolute atomic E-state index is 2.51. The SMILES string of the molecule is c1ccc(-c2cccc(-n3c4ccccc4c4c5c6ccccc6n(-c6ccccc6)c5ccc43)c2-c2ccc3c4ccccc4n(-c4ccccc4)c3c2)cc1. The first-order chi connectivity index (χ1) is 28.3. The Bertz CT molecular complexity index is 3500. The number of nitrogens with zero attached hydrogens (tertiary/aromatic N) is 3. The van der Waals surface area contributed by atoms with Gasteiger partial charge in [0.25, 0.3) is 0 Å². The van der Waals surface area contributed by atoms with E-state index in [0.717, 1.165) is 17.1 Å². The first-order valence-electron chi connectivity index (χ1n) is 19.6. The first kappa shape index (κ1) is 31.7. The highest BCUT2D eigenvalue weighted by atomic mass is 15.0. The molecular formula is C54H35N3. The fourth-order valence-corrected chi connectivity index (χ4v) is 9.50. The number of rotatable bonds is 5. The van der Waals surface area contributed by atoms with Gasteiger partial charge in [0.05, 0.1) is 38.8 Å². The van der Waals surface area contributed by atoms with Crippen molar-refractivity contribution < 1.29 is 0 Å². The van der Waals surface area contributed by atoms with Crippen molar-refractivity contribution in [3.63, 3.8) is 0 Å². The zero-order chi connectivity index (χ0) is 37.5. The van der Waals surface area contributed by atoms with Crippen LogP contribution in [-0.4, -0.2) is 13.7 Å². The molecule has 0 N–H and O–H groups in total. The molecule has 57 heavy (non-hydrogen) atoms. The van der Waals surface area contributed by atoms with Crippen molar-refractivity contribution in [3.8, 4) is 39.3 Å². The predicted molar refractivity (Wildman–Crippen MR) is 240 cm³/mol. The molecule has 0 saturated heterocycles. The van der Waals surface area contributed by atoms with E-state index in [1.165, 1.54) is 87.7 Å². The van der Waals surface area contributed by atoms with Crippen LogP contribution < -0.4 is 0 Å². The first-order valence-corrected chi connectivity index (χ1v) is 19.6. The molecule has 12 rings (SSSR count). The topological polar surface area (TPSA) is 14.8 Å². The number of hydrogen-bond acceptors (Lipinski definition) is 0. The molecule has 0 amide bonds. The van der Waals surface area contributed by atoms with Crippen molar-refractivity contribution in [3.05, 3.63) is 212 Å². The normalized spacial score (nSPS) is 11.9. The Hall–Kier alpha value is -7.62. The van der Waals surface area contributed by atoms with Gasteiger partial charge < -0.3 is 13.7 Å². The van der Waals surface area contributed by atoms with E-state index in [-0.39, 0.29) is 0 Å². The molecule has 12 aromatic rings. The van der Waals surface area contributed by atoms with Gasteiger partial charge in [0.1, 0.15) is 0 Å². The molecule has 0 aliphatic carbocycles. The molecule has 0 fully saturated rings. The minimum Gasteiger partial charge on any atom is -0.309 e. The second-order valence-corrected chi connectivity index (χ2v) is 14.9. The third-order valence-electron chi connectivity index (χ3n) is 11.8. The molecule has 3 nitrogen and oxygen atoms in total. The van der Waals surface area contributed by atoms with E-state index in [0.29, 0.717) is 0 Å². The Kier molecular flexibility index (Phi) is 6.93. The zero-order valence-electron chi connectivity index (χ0n) is 31.0. The molecule has 0 bridgehead atoms. The van der Waals surface area contributed by atoms with Crippen molar-refractivity contribution >= 4 is 65.4 Å². The summed E-state index contributed by atoms with van der Waals surface area (Å²) in [5.74, 6) is 0. The Morgan fingerprint density at radius 3 is 1.37 bits per heavy atom. The van der Waals surface area contributed by atoms with Crippen LogP contribution in [0, 0.1) is 0 Å². The van der Waals surface area contributed by atoms with E-state index < -0.39 is 0 Å². The van der Waals surface area contributed by atoms with E-state index >= 15 is 0 Å². The maximum Gasteiger partial charge on any atom is 0.0549 e. The number of benzene rings is 9. The molecule has 0 spiro atoms. The highest BCUT2D eigenvalue weighted by Crippen LogP contribution is 2.46. The zero-order valence-corrected chi connectivity index (χ0v) is 31.0. The fourth-order valence-electron chi connectivity index (χ4n) is 9.50. The van der Waals surface area contributed by atoms with E-state index in [1.807, 2.05) is 0 Å². The van der Waals surface area contributed by atoms with Crippen molar-refractivity contribution in [2.45, 2.75) is 0 Å². The molecule has 0 aliphatic heterocycles. The highest BCUT2D eigenvalue weighted by molar-refractivity contribution is 6.29. The Morgan fingerprint density at radius 1 is 0.263 bits per heavy atom. The van der Waals surface area contributed by atoms with E-state index in [1.54, 1.807) is 0 Å². The van der Waals surface area contributed by atoms with Crippen molar-refractivity contribution in [1.29, 1.82) is 0 Å².